The van der Waals surface area contributed by atoms with Gasteiger partial charge in [0.1, 0.15) is 0 Å². The fraction of sp³-hybridized carbons (Fsp3) is 0.353. The van der Waals surface area contributed by atoms with Gasteiger partial charge in [0.05, 0.1) is 11.5 Å². The highest BCUT2D eigenvalue weighted by atomic mass is 32.2. The van der Waals surface area contributed by atoms with Gasteiger partial charge < -0.3 is 5.11 Å². The molecule has 0 saturated carbocycles. The Labute approximate surface area is 137 Å². The summed E-state index contributed by atoms with van der Waals surface area (Å²) in [7, 11) is -3.65. The van der Waals surface area contributed by atoms with Crippen LogP contribution in [0.2, 0.25) is 0 Å². The smallest absolute Gasteiger partial charge is 0.243 e. The molecule has 2 rings (SSSR count). The van der Waals surface area contributed by atoms with E-state index in [-0.39, 0.29) is 24.6 Å². The summed E-state index contributed by atoms with van der Waals surface area (Å²) in [6.07, 6.45) is 5.21. The summed E-state index contributed by atoms with van der Waals surface area (Å²) in [5.74, 6) is 0. The summed E-state index contributed by atoms with van der Waals surface area (Å²) in [5, 5.41) is 9.22. The van der Waals surface area contributed by atoms with Gasteiger partial charge >= 0.3 is 0 Å². The SMILES string of the molecule is CCCc1ccc(S(=O)(=O)N(CCO)Cc2cccnc2)cc1. The number of nitrogens with zero attached hydrogens (tertiary/aromatic N) is 2. The number of aryl methyl sites for hydroxylation is 1. The predicted molar refractivity (Wildman–Crippen MR) is 89.4 cm³/mol. The van der Waals surface area contributed by atoms with E-state index in [9.17, 15) is 13.5 Å². The topological polar surface area (TPSA) is 70.5 Å². The maximum absolute atomic E-state index is 12.8. The fourth-order valence-corrected chi connectivity index (χ4v) is 3.78. The van der Waals surface area contributed by atoms with Crippen LogP contribution in [0.5, 0.6) is 0 Å². The van der Waals surface area contributed by atoms with Crippen LogP contribution in [0.15, 0.2) is 53.7 Å². The van der Waals surface area contributed by atoms with Gasteiger partial charge in [0.2, 0.25) is 10.0 Å². The van der Waals surface area contributed by atoms with Crippen LogP contribution in [-0.4, -0.2) is 36.0 Å². The Hall–Kier alpha value is -1.76. The molecule has 6 heteroatoms. The molecule has 0 saturated heterocycles. The molecular formula is C17H22N2O3S. The number of aliphatic hydroxyl groups is 1. The monoisotopic (exact) mass is 334 g/mol. The maximum Gasteiger partial charge on any atom is 0.243 e. The number of aromatic nitrogens is 1. The normalized spacial score (nSPS) is 11.8. The molecule has 0 aliphatic heterocycles. The van der Waals surface area contributed by atoms with Crippen molar-refractivity contribution in [3.8, 4) is 0 Å². The number of benzene rings is 1. The van der Waals surface area contributed by atoms with E-state index in [0.717, 1.165) is 24.0 Å². The van der Waals surface area contributed by atoms with E-state index in [4.69, 9.17) is 0 Å². The van der Waals surface area contributed by atoms with E-state index in [1.807, 2.05) is 18.2 Å². The molecule has 0 radical (unpaired) electrons. The molecule has 0 aliphatic carbocycles. The summed E-state index contributed by atoms with van der Waals surface area (Å²) in [5.41, 5.74) is 1.90. The Balaban J connectivity index is 2.25. The standard InChI is InChI=1S/C17H22N2O3S/c1-2-4-15-6-8-17(9-7-15)23(21,22)19(11-12-20)14-16-5-3-10-18-13-16/h3,5-10,13,20H,2,4,11-12,14H2,1H3. The Morgan fingerprint density at radius 2 is 1.87 bits per heavy atom. The van der Waals surface area contributed by atoms with Crippen molar-refractivity contribution in [2.24, 2.45) is 0 Å². The molecule has 1 heterocycles. The lowest BCUT2D eigenvalue weighted by molar-refractivity contribution is 0.251. The summed E-state index contributed by atoms with van der Waals surface area (Å²) in [6.45, 7) is 2.09. The second kappa shape index (κ2) is 8.19. The third kappa shape index (κ3) is 4.60. The zero-order valence-electron chi connectivity index (χ0n) is 13.2. The lowest BCUT2D eigenvalue weighted by Gasteiger charge is -2.21. The van der Waals surface area contributed by atoms with Crippen LogP contribution >= 0.6 is 0 Å². The van der Waals surface area contributed by atoms with Crippen LogP contribution in [0.4, 0.5) is 0 Å². The van der Waals surface area contributed by atoms with Crippen LogP contribution in [0, 0.1) is 0 Å². The lowest BCUT2D eigenvalue weighted by Crippen LogP contribution is -2.33. The second-order valence-electron chi connectivity index (χ2n) is 5.32. The predicted octanol–water partition coefficient (Wildman–Crippen LogP) is 2.22. The highest BCUT2D eigenvalue weighted by molar-refractivity contribution is 7.89. The first-order valence-corrected chi connectivity index (χ1v) is 9.10. The Morgan fingerprint density at radius 3 is 2.43 bits per heavy atom. The van der Waals surface area contributed by atoms with Crippen molar-refractivity contribution in [2.45, 2.75) is 31.2 Å². The number of hydrogen-bond donors (Lipinski definition) is 1. The first-order valence-electron chi connectivity index (χ1n) is 7.66. The highest BCUT2D eigenvalue weighted by Gasteiger charge is 2.24. The number of sulfonamides is 1. The molecule has 5 nitrogen and oxygen atoms in total. The minimum absolute atomic E-state index is 0.0495. The zero-order chi connectivity index (χ0) is 16.7. The number of hydrogen-bond acceptors (Lipinski definition) is 4. The van der Waals surface area contributed by atoms with Crippen LogP contribution in [-0.2, 0) is 23.0 Å². The van der Waals surface area contributed by atoms with Crippen molar-refractivity contribution >= 4 is 10.0 Å². The maximum atomic E-state index is 12.8. The molecule has 0 aliphatic rings. The average Bonchev–Trinajstić information content (AvgIpc) is 2.56. The number of rotatable bonds is 8. The average molecular weight is 334 g/mol. The Kier molecular flexibility index (Phi) is 6.27. The summed E-state index contributed by atoms with van der Waals surface area (Å²) >= 11 is 0. The van der Waals surface area contributed by atoms with Gasteiger partial charge in [-0.2, -0.15) is 4.31 Å². The number of pyridine rings is 1. The molecule has 0 atom stereocenters. The molecule has 1 aromatic heterocycles. The fourth-order valence-electron chi connectivity index (χ4n) is 2.36. The molecule has 0 fully saturated rings. The molecular weight excluding hydrogens is 312 g/mol. The molecule has 0 spiro atoms. The van der Waals surface area contributed by atoms with E-state index < -0.39 is 10.0 Å². The molecule has 1 N–H and O–H groups in total. The molecule has 0 bridgehead atoms. The number of aliphatic hydroxyl groups excluding tert-OH is 1. The second-order valence-corrected chi connectivity index (χ2v) is 7.26. The van der Waals surface area contributed by atoms with Crippen LogP contribution in [0.25, 0.3) is 0 Å². The van der Waals surface area contributed by atoms with E-state index in [0.29, 0.717) is 0 Å². The van der Waals surface area contributed by atoms with E-state index in [1.165, 1.54) is 4.31 Å². The van der Waals surface area contributed by atoms with Crippen molar-refractivity contribution < 1.29 is 13.5 Å². The zero-order valence-corrected chi connectivity index (χ0v) is 14.0. The molecule has 124 valence electrons. The Bertz CT molecular complexity index is 700. The summed E-state index contributed by atoms with van der Waals surface area (Å²) in [4.78, 5) is 4.25. The van der Waals surface area contributed by atoms with E-state index >= 15 is 0 Å². The third-order valence-electron chi connectivity index (χ3n) is 3.53. The highest BCUT2D eigenvalue weighted by Crippen LogP contribution is 2.19. The first-order chi connectivity index (χ1) is 11.1. The molecule has 23 heavy (non-hydrogen) atoms. The first kappa shape index (κ1) is 17.6. The van der Waals surface area contributed by atoms with Crippen molar-refractivity contribution in [2.75, 3.05) is 13.2 Å². The van der Waals surface area contributed by atoms with Gasteiger partial charge in [-0.05, 0) is 35.7 Å². The molecule has 0 amide bonds. The van der Waals surface area contributed by atoms with Gasteiger partial charge in [0.15, 0.2) is 0 Å². The summed E-state index contributed by atoms with van der Waals surface area (Å²) < 4.78 is 26.9. The quantitative estimate of drug-likeness (QED) is 0.803. The third-order valence-corrected chi connectivity index (χ3v) is 5.39. The van der Waals surface area contributed by atoms with Crippen LogP contribution in [0.1, 0.15) is 24.5 Å². The van der Waals surface area contributed by atoms with Gasteiger partial charge in [-0.3, -0.25) is 4.98 Å². The van der Waals surface area contributed by atoms with Gasteiger partial charge in [-0.15, -0.1) is 0 Å². The van der Waals surface area contributed by atoms with E-state index in [2.05, 4.69) is 11.9 Å². The minimum Gasteiger partial charge on any atom is -0.395 e. The van der Waals surface area contributed by atoms with Crippen LogP contribution < -0.4 is 0 Å². The van der Waals surface area contributed by atoms with Gasteiger partial charge in [-0.25, -0.2) is 8.42 Å². The Morgan fingerprint density at radius 1 is 1.13 bits per heavy atom. The van der Waals surface area contributed by atoms with Crippen molar-refractivity contribution in [1.82, 2.24) is 9.29 Å². The van der Waals surface area contributed by atoms with Crippen molar-refractivity contribution in [1.29, 1.82) is 0 Å². The van der Waals surface area contributed by atoms with Crippen molar-refractivity contribution in [3.05, 3.63) is 59.9 Å². The lowest BCUT2D eigenvalue weighted by atomic mass is 10.1. The van der Waals surface area contributed by atoms with E-state index in [1.54, 1.807) is 30.6 Å². The summed E-state index contributed by atoms with van der Waals surface area (Å²) in [6, 6.07) is 10.5. The van der Waals surface area contributed by atoms with Crippen LogP contribution in [0.3, 0.4) is 0 Å². The van der Waals surface area contributed by atoms with Gasteiger partial charge in [-0.1, -0.05) is 31.5 Å². The molecule has 2 aromatic rings. The largest absolute Gasteiger partial charge is 0.395 e. The molecule has 1 aromatic carbocycles. The molecule has 0 unspecified atom stereocenters. The van der Waals surface area contributed by atoms with Gasteiger partial charge in [0.25, 0.3) is 0 Å². The minimum atomic E-state index is -3.65. The van der Waals surface area contributed by atoms with Crippen molar-refractivity contribution in [3.63, 3.8) is 0 Å². The van der Waals surface area contributed by atoms with Gasteiger partial charge in [0, 0.05) is 25.5 Å².